The van der Waals surface area contributed by atoms with Gasteiger partial charge in [-0.1, -0.05) is 13.0 Å². The van der Waals surface area contributed by atoms with Crippen molar-refractivity contribution in [1.29, 1.82) is 0 Å². The lowest BCUT2D eigenvalue weighted by molar-refractivity contribution is 0.0698. The number of nitrogens with zero attached hydrogens (tertiary/aromatic N) is 1. The molecule has 0 aliphatic heterocycles. The van der Waals surface area contributed by atoms with Crippen molar-refractivity contribution < 1.29 is 9.90 Å². The number of carboxylic acids is 1. The lowest BCUT2D eigenvalue weighted by atomic mass is 10.0. The Hall–Kier alpha value is -1.77. The molecule has 0 spiro atoms. The molecule has 0 amide bonds. The maximum Gasteiger partial charge on any atom is 0.337 e. The van der Waals surface area contributed by atoms with E-state index >= 15 is 0 Å². The fourth-order valence-corrected chi connectivity index (χ4v) is 2.40. The number of carbonyl (C=O) groups is 1. The number of hydrogen-bond donors (Lipinski definition) is 1. The molecular formula is C14H17NO2. The van der Waals surface area contributed by atoms with Gasteiger partial charge in [0.25, 0.3) is 0 Å². The van der Waals surface area contributed by atoms with E-state index in [4.69, 9.17) is 0 Å². The zero-order valence-corrected chi connectivity index (χ0v) is 10.4. The van der Waals surface area contributed by atoms with Gasteiger partial charge in [0.1, 0.15) is 0 Å². The molecule has 0 radical (unpaired) electrons. The molecule has 1 aromatic heterocycles. The number of rotatable bonds is 3. The Morgan fingerprint density at radius 1 is 1.35 bits per heavy atom. The molecule has 0 bridgehead atoms. The number of fused-ring (bicyclic) bond motifs is 1. The van der Waals surface area contributed by atoms with E-state index in [1.807, 2.05) is 24.5 Å². The quantitative estimate of drug-likeness (QED) is 0.880. The van der Waals surface area contributed by atoms with E-state index in [1.54, 1.807) is 6.20 Å². The van der Waals surface area contributed by atoms with Crippen LogP contribution in [0.4, 0.5) is 0 Å². The first-order valence-corrected chi connectivity index (χ1v) is 5.88. The van der Waals surface area contributed by atoms with E-state index in [0.29, 0.717) is 5.56 Å². The number of benzene rings is 1. The van der Waals surface area contributed by atoms with Crippen molar-refractivity contribution in [3.05, 3.63) is 35.0 Å². The lowest BCUT2D eigenvalue weighted by Crippen LogP contribution is -1.96. The zero-order valence-electron chi connectivity index (χ0n) is 10.4. The third-order valence-corrected chi connectivity index (χ3v) is 3.02. The Morgan fingerprint density at radius 2 is 2.06 bits per heavy atom. The van der Waals surface area contributed by atoms with Crippen LogP contribution in [-0.2, 0) is 6.54 Å². The molecule has 90 valence electrons. The predicted molar refractivity (Wildman–Crippen MR) is 68.7 cm³/mol. The first-order valence-electron chi connectivity index (χ1n) is 5.88. The molecule has 2 aromatic rings. The fourth-order valence-electron chi connectivity index (χ4n) is 2.40. The molecule has 0 unspecified atom stereocenters. The Balaban J connectivity index is 2.81. The highest BCUT2D eigenvalue weighted by Crippen LogP contribution is 2.26. The van der Waals surface area contributed by atoms with E-state index < -0.39 is 5.97 Å². The van der Waals surface area contributed by atoms with Crippen molar-refractivity contribution in [2.75, 3.05) is 0 Å². The standard InChI is InChI=1S/C14H17NO2/c1-4-5-15-8-11(14(16)17)13-10(3)6-9(2)7-12(13)15/h6-8H,4-5H2,1-3H3,(H,16,17). The molecule has 0 fully saturated rings. The molecule has 2 rings (SSSR count). The summed E-state index contributed by atoms with van der Waals surface area (Å²) >= 11 is 0. The number of hydrogen-bond acceptors (Lipinski definition) is 1. The van der Waals surface area contributed by atoms with Crippen LogP contribution in [0.25, 0.3) is 10.9 Å². The van der Waals surface area contributed by atoms with Gasteiger partial charge in [-0.25, -0.2) is 4.79 Å². The van der Waals surface area contributed by atoms with Gasteiger partial charge >= 0.3 is 5.97 Å². The van der Waals surface area contributed by atoms with Crippen LogP contribution in [0, 0.1) is 13.8 Å². The smallest absolute Gasteiger partial charge is 0.337 e. The Labute approximate surface area is 101 Å². The van der Waals surface area contributed by atoms with Gasteiger partial charge in [0, 0.05) is 23.6 Å². The molecule has 1 N–H and O–H groups in total. The van der Waals surface area contributed by atoms with Gasteiger partial charge in [-0.15, -0.1) is 0 Å². The van der Waals surface area contributed by atoms with Gasteiger partial charge in [-0.05, 0) is 37.5 Å². The van der Waals surface area contributed by atoms with Gasteiger partial charge in [-0.2, -0.15) is 0 Å². The molecule has 0 saturated carbocycles. The summed E-state index contributed by atoms with van der Waals surface area (Å²) in [5.74, 6) is -0.850. The molecule has 1 heterocycles. The van der Waals surface area contributed by atoms with Crippen molar-refractivity contribution in [1.82, 2.24) is 4.57 Å². The van der Waals surface area contributed by atoms with Crippen LogP contribution in [0.3, 0.4) is 0 Å². The Bertz CT molecular complexity index is 581. The van der Waals surface area contributed by atoms with Crippen molar-refractivity contribution in [2.24, 2.45) is 0 Å². The minimum Gasteiger partial charge on any atom is -0.478 e. The highest BCUT2D eigenvalue weighted by Gasteiger charge is 2.15. The van der Waals surface area contributed by atoms with Gasteiger partial charge in [0.15, 0.2) is 0 Å². The predicted octanol–water partition coefficient (Wildman–Crippen LogP) is 3.37. The molecule has 0 aliphatic rings. The summed E-state index contributed by atoms with van der Waals surface area (Å²) in [4.78, 5) is 11.3. The van der Waals surface area contributed by atoms with Crippen LogP contribution in [-0.4, -0.2) is 15.6 Å². The minimum absolute atomic E-state index is 0.408. The van der Waals surface area contributed by atoms with Crippen molar-refractivity contribution in [2.45, 2.75) is 33.7 Å². The number of aryl methyl sites for hydroxylation is 3. The first kappa shape index (κ1) is 11.7. The Kier molecular flexibility index (Phi) is 2.92. The molecule has 1 aromatic carbocycles. The van der Waals surface area contributed by atoms with Crippen molar-refractivity contribution in [3.63, 3.8) is 0 Å². The normalized spacial score (nSPS) is 11.0. The number of aromatic carboxylic acids is 1. The maximum absolute atomic E-state index is 11.3. The molecule has 0 saturated heterocycles. The van der Waals surface area contributed by atoms with E-state index in [1.165, 1.54) is 5.56 Å². The third-order valence-electron chi connectivity index (χ3n) is 3.02. The second-order valence-electron chi connectivity index (χ2n) is 4.52. The summed E-state index contributed by atoms with van der Waals surface area (Å²) in [7, 11) is 0. The first-order chi connectivity index (χ1) is 8.04. The topological polar surface area (TPSA) is 42.2 Å². The second kappa shape index (κ2) is 4.24. The van der Waals surface area contributed by atoms with E-state index in [0.717, 1.165) is 29.4 Å². The maximum atomic E-state index is 11.3. The number of aromatic nitrogens is 1. The van der Waals surface area contributed by atoms with Crippen LogP contribution in [0.2, 0.25) is 0 Å². The summed E-state index contributed by atoms with van der Waals surface area (Å²) < 4.78 is 2.04. The van der Waals surface area contributed by atoms with Gasteiger partial charge in [0.05, 0.1) is 5.56 Å². The van der Waals surface area contributed by atoms with Crippen LogP contribution in [0.1, 0.15) is 34.8 Å². The summed E-state index contributed by atoms with van der Waals surface area (Å²) in [6.07, 6.45) is 2.75. The fraction of sp³-hybridized carbons (Fsp3) is 0.357. The van der Waals surface area contributed by atoms with Gasteiger partial charge in [0.2, 0.25) is 0 Å². The van der Waals surface area contributed by atoms with E-state index in [-0.39, 0.29) is 0 Å². The summed E-state index contributed by atoms with van der Waals surface area (Å²) in [5.41, 5.74) is 3.64. The van der Waals surface area contributed by atoms with Crippen LogP contribution in [0.5, 0.6) is 0 Å². The highest BCUT2D eigenvalue weighted by molar-refractivity contribution is 6.05. The third kappa shape index (κ3) is 1.93. The van der Waals surface area contributed by atoms with E-state index in [2.05, 4.69) is 13.0 Å². The molecule has 0 atom stereocenters. The summed E-state index contributed by atoms with van der Waals surface area (Å²) in [6, 6.07) is 4.09. The molecule has 3 heteroatoms. The Morgan fingerprint density at radius 3 is 2.65 bits per heavy atom. The number of carboxylic acid groups (broad SMARTS) is 1. The van der Waals surface area contributed by atoms with Crippen LogP contribution in [0.15, 0.2) is 18.3 Å². The lowest BCUT2D eigenvalue weighted by Gasteiger charge is -2.05. The molecule has 17 heavy (non-hydrogen) atoms. The van der Waals surface area contributed by atoms with E-state index in [9.17, 15) is 9.90 Å². The summed E-state index contributed by atoms with van der Waals surface area (Å²) in [5, 5.41) is 10.1. The van der Waals surface area contributed by atoms with Gasteiger partial charge in [-0.3, -0.25) is 0 Å². The molecular weight excluding hydrogens is 214 g/mol. The monoisotopic (exact) mass is 231 g/mol. The van der Waals surface area contributed by atoms with Crippen LogP contribution < -0.4 is 0 Å². The SMILES string of the molecule is CCCn1cc(C(=O)O)c2c(C)cc(C)cc21. The average molecular weight is 231 g/mol. The largest absolute Gasteiger partial charge is 0.478 e. The van der Waals surface area contributed by atoms with Crippen LogP contribution >= 0.6 is 0 Å². The zero-order chi connectivity index (χ0) is 12.6. The van der Waals surface area contributed by atoms with Gasteiger partial charge < -0.3 is 9.67 Å². The average Bonchev–Trinajstić information content (AvgIpc) is 2.58. The van der Waals surface area contributed by atoms with Crippen molar-refractivity contribution in [3.8, 4) is 0 Å². The second-order valence-corrected chi connectivity index (χ2v) is 4.52. The molecule has 0 aliphatic carbocycles. The van der Waals surface area contributed by atoms with Crippen molar-refractivity contribution >= 4 is 16.9 Å². The minimum atomic E-state index is -0.850. The molecule has 3 nitrogen and oxygen atoms in total. The summed E-state index contributed by atoms with van der Waals surface area (Å²) in [6.45, 7) is 6.95. The highest BCUT2D eigenvalue weighted by atomic mass is 16.4.